The molecule has 0 heterocycles. The van der Waals surface area contributed by atoms with Crippen LogP contribution in [0.2, 0.25) is 0 Å². The minimum atomic E-state index is -0.229. The van der Waals surface area contributed by atoms with E-state index in [4.69, 9.17) is 0 Å². The van der Waals surface area contributed by atoms with Gasteiger partial charge in [0.2, 0.25) is 6.54 Å². The van der Waals surface area contributed by atoms with Crippen LogP contribution >= 0.6 is 0 Å². The van der Waals surface area contributed by atoms with Crippen molar-refractivity contribution in [3.63, 3.8) is 0 Å². The summed E-state index contributed by atoms with van der Waals surface area (Å²) in [6.45, 7) is 2.18. The molecule has 1 unspecified atom stereocenters. The lowest BCUT2D eigenvalue weighted by Gasteiger charge is -2.12. The smallest absolute Gasteiger partial charge is 0.204 e. The molecule has 0 bridgehead atoms. The molecule has 0 aliphatic heterocycles. The van der Waals surface area contributed by atoms with E-state index >= 15 is 0 Å². The average molecular weight is 207 g/mol. The molecule has 0 aliphatic rings. The van der Waals surface area contributed by atoms with Gasteiger partial charge >= 0.3 is 0 Å². The second-order valence-electron chi connectivity index (χ2n) is 3.81. The Kier molecular flexibility index (Phi) is 4.81. The first-order valence-corrected chi connectivity index (χ1v) is 5.38. The van der Waals surface area contributed by atoms with Crippen LogP contribution in [-0.2, 0) is 6.42 Å². The third-order valence-corrected chi connectivity index (χ3v) is 2.66. The molecule has 0 saturated heterocycles. The number of hydrogen-bond acceptors (Lipinski definition) is 2. The zero-order valence-corrected chi connectivity index (χ0v) is 9.06. The van der Waals surface area contributed by atoms with Gasteiger partial charge in [-0.3, -0.25) is 10.1 Å². The predicted octanol–water partition coefficient (Wildman–Crippen LogP) is 2.92. The lowest BCUT2D eigenvalue weighted by atomic mass is 9.94. The van der Waals surface area contributed by atoms with Crippen molar-refractivity contribution < 1.29 is 4.92 Å². The fourth-order valence-corrected chi connectivity index (χ4v) is 1.69. The third-order valence-electron chi connectivity index (χ3n) is 2.66. The molecule has 15 heavy (non-hydrogen) atoms. The number of nitro groups is 1. The van der Waals surface area contributed by atoms with Crippen molar-refractivity contribution in [1.29, 1.82) is 0 Å². The van der Waals surface area contributed by atoms with Gasteiger partial charge in [0.15, 0.2) is 0 Å². The number of nitrogens with zero attached hydrogens (tertiary/aromatic N) is 1. The minimum Gasteiger partial charge on any atom is -0.265 e. The summed E-state index contributed by atoms with van der Waals surface area (Å²) in [5.41, 5.74) is 1.27. The van der Waals surface area contributed by atoms with Crippen LogP contribution in [0.5, 0.6) is 0 Å². The van der Waals surface area contributed by atoms with Crippen molar-refractivity contribution in [2.45, 2.75) is 26.2 Å². The van der Waals surface area contributed by atoms with Crippen LogP contribution in [0, 0.1) is 16.0 Å². The molecule has 3 nitrogen and oxygen atoms in total. The third kappa shape index (κ3) is 4.58. The van der Waals surface area contributed by atoms with Gasteiger partial charge in [-0.2, -0.15) is 0 Å². The maximum absolute atomic E-state index is 10.3. The Hall–Kier alpha value is -1.38. The van der Waals surface area contributed by atoms with Gasteiger partial charge in [0.25, 0.3) is 0 Å². The summed E-state index contributed by atoms with van der Waals surface area (Å²) in [4.78, 5) is 10.0. The van der Waals surface area contributed by atoms with E-state index in [1.807, 2.05) is 18.2 Å². The van der Waals surface area contributed by atoms with Crippen LogP contribution in [0.3, 0.4) is 0 Å². The van der Waals surface area contributed by atoms with Gasteiger partial charge in [-0.05, 0) is 17.9 Å². The second-order valence-corrected chi connectivity index (χ2v) is 3.81. The van der Waals surface area contributed by atoms with Crippen molar-refractivity contribution in [2.75, 3.05) is 6.54 Å². The van der Waals surface area contributed by atoms with Crippen LogP contribution in [0.4, 0.5) is 0 Å². The lowest BCUT2D eigenvalue weighted by Crippen LogP contribution is -2.10. The van der Waals surface area contributed by atoms with Crippen LogP contribution in [-0.4, -0.2) is 11.5 Å². The summed E-state index contributed by atoms with van der Waals surface area (Å²) < 4.78 is 0. The highest BCUT2D eigenvalue weighted by Gasteiger charge is 2.10. The van der Waals surface area contributed by atoms with Gasteiger partial charge in [-0.1, -0.05) is 43.7 Å². The molecule has 0 aliphatic carbocycles. The molecule has 1 rings (SSSR count). The molecule has 0 fully saturated rings. The van der Waals surface area contributed by atoms with E-state index in [2.05, 4.69) is 19.1 Å². The Morgan fingerprint density at radius 2 is 2.00 bits per heavy atom. The van der Waals surface area contributed by atoms with Crippen LogP contribution in [0.1, 0.15) is 25.3 Å². The molecule has 0 aromatic heterocycles. The van der Waals surface area contributed by atoms with Gasteiger partial charge in [-0.15, -0.1) is 0 Å². The first kappa shape index (κ1) is 11.7. The second kappa shape index (κ2) is 6.17. The summed E-state index contributed by atoms with van der Waals surface area (Å²) in [5.74, 6) is 0.429. The quantitative estimate of drug-likeness (QED) is 0.531. The van der Waals surface area contributed by atoms with Crippen LogP contribution in [0.15, 0.2) is 30.3 Å². The zero-order valence-electron chi connectivity index (χ0n) is 9.06. The van der Waals surface area contributed by atoms with Gasteiger partial charge in [0.05, 0.1) is 0 Å². The standard InChI is InChI=1S/C12H17NO2/c1-2-11(8-9-13(14)15)10-12-6-4-3-5-7-12/h3-7,11H,2,8-10H2,1H3. The molecule has 1 aromatic rings. The van der Waals surface area contributed by atoms with E-state index in [1.54, 1.807) is 0 Å². The average Bonchev–Trinajstić information content (AvgIpc) is 2.25. The Morgan fingerprint density at radius 1 is 1.33 bits per heavy atom. The Bertz CT molecular complexity index is 298. The predicted molar refractivity (Wildman–Crippen MR) is 60.4 cm³/mol. The monoisotopic (exact) mass is 207 g/mol. The maximum atomic E-state index is 10.3. The first-order valence-electron chi connectivity index (χ1n) is 5.38. The summed E-state index contributed by atoms with van der Waals surface area (Å²) in [5, 5.41) is 10.3. The highest BCUT2D eigenvalue weighted by Crippen LogP contribution is 2.15. The van der Waals surface area contributed by atoms with E-state index in [-0.39, 0.29) is 11.5 Å². The summed E-state index contributed by atoms with van der Waals surface area (Å²) >= 11 is 0. The molecular formula is C12H17NO2. The Morgan fingerprint density at radius 3 is 2.53 bits per heavy atom. The molecule has 0 radical (unpaired) electrons. The highest BCUT2D eigenvalue weighted by atomic mass is 16.6. The van der Waals surface area contributed by atoms with Gasteiger partial charge < -0.3 is 0 Å². The molecule has 1 atom stereocenters. The molecule has 0 N–H and O–H groups in total. The van der Waals surface area contributed by atoms with Crippen molar-refractivity contribution >= 4 is 0 Å². The normalized spacial score (nSPS) is 12.3. The van der Waals surface area contributed by atoms with Crippen molar-refractivity contribution in [2.24, 2.45) is 5.92 Å². The van der Waals surface area contributed by atoms with Crippen LogP contribution in [0.25, 0.3) is 0 Å². The Balaban J connectivity index is 2.43. The van der Waals surface area contributed by atoms with Gasteiger partial charge in [0, 0.05) is 11.3 Å². The van der Waals surface area contributed by atoms with E-state index in [1.165, 1.54) is 5.56 Å². The number of benzene rings is 1. The number of hydrogen-bond donors (Lipinski definition) is 0. The fraction of sp³-hybridized carbons (Fsp3) is 0.500. The minimum absolute atomic E-state index is 0.0886. The van der Waals surface area contributed by atoms with Crippen LogP contribution < -0.4 is 0 Å². The van der Waals surface area contributed by atoms with Crippen molar-refractivity contribution in [3.05, 3.63) is 46.0 Å². The number of rotatable bonds is 6. The van der Waals surface area contributed by atoms with Crippen molar-refractivity contribution in [3.8, 4) is 0 Å². The molecule has 3 heteroatoms. The van der Waals surface area contributed by atoms with E-state index < -0.39 is 0 Å². The highest BCUT2D eigenvalue weighted by molar-refractivity contribution is 5.15. The summed E-state index contributed by atoms with van der Waals surface area (Å²) in [6.07, 6.45) is 2.63. The van der Waals surface area contributed by atoms with E-state index in [0.29, 0.717) is 12.3 Å². The molecule has 82 valence electrons. The van der Waals surface area contributed by atoms with Gasteiger partial charge in [-0.25, -0.2) is 0 Å². The van der Waals surface area contributed by atoms with Gasteiger partial charge in [0.1, 0.15) is 0 Å². The molecule has 0 amide bonds. The topological polar surface area (TPSA) is 43.1 Å². The molecular weight excluding hydrogens is 190 g/mol. The fourth-order valence-electron chi connectivity index (χ4n) is 1.69. The molecule has 0 saturated carbocycles. The van der Waals surface area contributed by atoms with E-state index in [0.717, 1.165) is 12.8 Å². The zero-order chi connectivity index (χ0) is 11.1. The first-order chi connectivity index (χ1) is 7.22. The molecule has 0 spiro atoms. The largest absolute Gasteiger partial charge is 0.265 e. The van der Waals surface area contributed by atoms with E-state index in [9.17, 15) is 10.1 Å². The molecule has 1 aromatic carbocycles. The lowest BCUT2D eigenvalue weighted by molar-refractivity contribution is -0.481. The van der Waals surface area contributed by atoms with Crippen molar-refractivity contribution in [1.82, 2.24) is 0 Å². The SMILES string of the molecule is CCC(CC[N+](=O)[O-])Cc1ccccc1. The summed E-state index contributed by atoms with van der Waals surface area (Å²) in [7, 11) is 0. The Labute approximate surface area is 90.3 Å². The maximum Gasteiger partial charge on any atom is 0.204 e. The summed E-state index contributed by atoms with van der Waals surface area (Å²) in [6, 6.07) is 10.2.